The molecule has 8 heterocycles. The first-order valence-electron chi connectivity index (χ1n) is 44.5. The van der Waals surface area contributed by atoms with E-state index in [0.717, 1.165) is 135 Å². The minimum Gasteiger partial charge on any atom is -0.500 e. The molecule has 141 heavy (non-hydrogen) atoms. The summed E-state index contributed by atoms with van der Waals surface area (Å²) in [6.07, 6.45) is 25.9. The molecular formula is C119H96Ir5N13O4-5. The van der Waals surface area contributed by atoms with E-state index >= 15 is 0 Å². The van der Waals surface area contributed by atoms with Gasteiger partial charge in [-0.15, -0.1) is 136 Å². The zero-order chi connectivity index (χ0) is 94.0. The van der Waals surface area contributed by atoms with Crippen LogP contribution < -0.4 is 9.64 Å². The maximum atomic E-state index is 10.1. The van der Waals surface area contributed by atoms with Gasteiger partial charge in [0, 0.05) is 225 Å². The quantitative estimate of drug-likeness (QED) is 0.0855. The molecule has 0 saturated heterocycles. The molecule has 14 aromatic carbocycles. The summed E-state index contributed by atoms with van der Waals surface area (Å²) in [6.45, 7) is 20.8. The fourth-order valence-corrected chi connectivity index (χ4v) is 17.1. The summed E-state index contributed by atoms with van der Waals surface area (Å²) in [4.78, 5) is 42.7. The molecule has 22 aromatic rings. The van der Waals surface area contributed by atoms with Gasteiger partial charge in [0.2, 0.25) is 0 Å². The fraction of sp³-hybridized carbons (Fsp3) is 0.0756. The Hall–Kier alpha value is -14.5. The van der Waals surface area contributed by atoms with Crippen molar-refractivity contribution in [2.45, 2.75) is 55.4 Å². The molecule has 17 nitrogen and oxygen atoms in total. The number of aromatic carboxylic acids is 1. The predicted octanol–water partition coefficient (Wildman–Crippen LogP) is 28.2. The number of aryl methyl sites for hydroxylation is 8. The maximum Gasteiger partial charge on any atom is 0.354 e. The Bertz CT molecular complexity index is 7760. The molecule has 5 radical (unpaired) electrons. The van der Waals surface area contributed by atoms with Crippen LogP contribution in [0.1, 0.15) is 60.6 Å². The molecule has 0 amide bonds. The zero-order valence-corrected chi connectivity index (χ0v) is 90.4. The van der Waals surface area contributed by atoms with Gasteiger partial charge < -0.3 is 47.0 Å². The van der Waals surface area contributed by atoms with E-state index in [9.17, 15) is 4.79 Å². The molecule has 0 fully saturated rings. The fourth-order valence-electron chi connectivity index (χ4n) is 17.1. The molecule has 0 spiro atoms. The van der Waals surface area contributed by atoms with Crippen molar-refractivity contribution in [2.24, 2.45) is 0 Å². The minimum absolute atomic E-state index is 0. The number of hydrogen-bond donors (Lipinski definition) is 1. The third-order valence-corrected chi connectivity index (χ3v) is 23.2. The van der Waals surface area contributed by atoms with Crippen molar-refractivity contribution in [1.82, 2.24) is 57.7 Å². The average molecular weight is 2730 g/mol. The van der Waals surface area contributed by atoms with Gasteiger partial charge >= 0.3 is 5.97 Å². The summed E-state index contributed by atoms with van der Waals surface area (Å²) in [5.41, 5.74) is 28.8. The van der Waals surface area contributed by atoms with E-state index in [1.807, 2.05) is 177 Å². The summed E-state index contributed by atoms with van der Waals surface area (Å²) in [5.74, 6) is 4.33. The molecule has 22 rings (SSSR count). The number of furan rings is 1. The standard InChI is InChI=1S/C35H28N3.C23H17N2O.C19H13N2.C19H17N2.C17H16N3O.C6H5NO2.5Ir/c1-26-23-30(24-27(2)34(26)37-22-21-36-35(37)28-13-6-3-7-14-28)29-15-12-20-33(25-29)38(31-16-8-4-9-17-31)32-18-10-5-11-19-32;1-15-6-5-7-16(2)22(15)25-13-12-24-23(25)17-10-11-21-19(14-17)18-8-3-4-9-20(18)26-21;1-2-8-18(9-3-1)21-13-12-20-19(21)17-11-10-15-6-4-5-7-16(15)14-17;1-4-16-12-14(2)18(15(3)13-16)21-11-10-20-19(21)17-8-6-5-7-9-17;1-12-10-15(21-3)11-13(2)16(12)20-9-8-19-17(20)14-4-6-18-7-5-14;8-6(9)5-3-1-2-4-7-5;;;;;/h3-13,15-25H,1-2H3;3-9,11-14H,1-2H3;1-10,12-14H;4-8,10-13H,1H2,2-3H3;4,6-11H,1-3H3;1-4H,(H,8,9);;;;;/q5*-1;;;;;;. The van der Waals surface area contributed by atoms with Crippen LogP contribution in [0.4, 0.5) is 17.1 Å². The first-order chi connectivity index (χ1) is 66.5. The van der Waals surface area contributed by atoms with Gasteiger partial charge in [-0.2, -0.15) is 6.07 Å². The van der Waals surface area contributed by atoms with Crippen LogP contribution in [-0.2, 0) is 101 Å². The van der Waals surface area contributed by atoms with Crippen molar-refractivity contribution in [3.63, 3.8) is 0 Å². The monoisotopic (exact) mass is 2740 g/mol. The van der Waals surface area contributed by atoms with Crippen LogP contribution in [0.15, 0.2) is 407 Å². The molecule has 22 heteroatoms. The second-order valence-electron chi connectivity index (χ2n) is 32.4. The molecule has 0 aliphatic rings. The number of carboxylic acid groups (broad SMARTS) is 1. The molecule has 8 aromatic heterocycles. The van der Waals surface area contributed by atoms with Crippen LogP contribution in [0, 0.1) is 85.7 Å². The Morgan fingerprint density at radius 3 is 1.29 bits per heavy atom. The Labute approximate surface area is 889 Å². The van der Waals surface area contributed by atoms with Crippen molar-refractivity contribution in [3.05, 3.63) is 489 Å². The third kappa shape index (κ3) is 24.5. The SMILES string of the molecule is C=Cc1cc(C)c(-n2ccnc2-c2[c-]cccc2)c(C)c1.COc1cc(C)c(-n2ccnc2-c2[c-]cncc2)c(C)c1.Cc1cc(-c2cccc(N(c3ccccc3)c3ccccc3)c2)cc(C)c1-n1ccnc1-c1[c-]cccc1.Cc1cccc(C)c1-n1ccnc1-c1[c-]cc2oc3ccccc3c2c1.O=C(O)c1ccccn1.[Ir].[Ir].[Ir].[Ir].[Ir].[c-]1cc2ccccc2cc1-c1nccn1-c1ccccc1. The number of anilines is 3. The van der Waals surface area contributed by atoms with E-state index in [0.29, 0.717) is 0 Å². The van der Waals surface area contributed by atoms with E-state index in [1.54, 1.807) is 37.8 Å². The first kappa shape index (κ1) is 105. The third-order valence-electron chi connectivity index (χ3n) is 23.2. The van der Waals surface area contributed by atoms with E-state index in [4.69, 9.17) is 14.3 Å². The molecule has 0 aliphatic carbocycles. The summed E-state index contributed by atoms with van der Waals surface area (Å²) >= 11 is 0. The molecule has 0 saturated carbocycles. The summed E-state index contributed by atoms with van der Waals surface area (Å²) in [5, 5.41) is 12.9. The number of imidazole rings is 5. The van der Waals surface area contributed by atoms with E-state index in [1.165, 1.54) is 78.9 Å². The Morgan fingerprint density at radius 2 is 0.794 bits per heavy atom. The number of carboxylic acids is 1. The molecule has 0 atom stereocenters. The van der Waals surface area contributed by atoms with Crippen molar-refractivity contribution in [3.8, 4) is 102 Å². The number of carbonyl (C=O) groups is 1. The second-order valence-corrected chi connectivity index (χ2v) is 32.4. The van der Waals surface area contributed by atoms with Crippen LogP contribution in [-0.4, -0.2) is 75.9 Å². The van der Waals surface area contributed by atoms with E-state index in [2.05, 4.69) is 337 Å². The van der Waals surface area contributed by atoms with Crippen molar-refractivity contribution in [2.75, 3.05) is 12.0 Å². The number of aromatic nitrogens is 12. The molecule has 0 aliphatic heterocycles. The van der Waals surface area contributed by atoms with Gasteiger partial charge in [0.1, 0.15) is 17.0 Å². The molecule has 711 valence electrons. The van der Waals surface area contributed by atoms with Gasteiger partial charge in [0.15, 0.2) is 0 Å². The number of para-hydroxylation sites is 5. The minimum atomic E-state index is -0.990. The number of nitrogens with zero attached hydrogens (tertiary/aromatic N) is 13. The predicted molar refractivity (Wildman–Crippen MR) is 548 cm³/mol. The largest absolute Gasteiger partial charge is 0.500 e. The smallest absolute Gasteiger partial charge is 0.354 e. The van der Waals surface area contributed by atoms with Crippen LogP contribution in [0.5, 0.6) is 5.75 Å². The Kier molecular flexibility index (Phi) is 37.3. The molecule has 0 bridgehead atoms. The van der Waals surface area contributed by atoms with Crippen molar-refractivity contribution in [1.29, 1.82) is 0 Å². The number of ether oxygens (including phenoxy) is 1. The summed E-state index contributed by atoms with van der Waals surface area (Å²) < 4.78 is 21.8. The van der Waals surface area contributed by atoms with Crippen LogP contribution in [0.2, 0.25) is 0 Å². The zero-order valence-electron chi connectivity index (χ0n) is 78.5. The number of fused-ring (bicyclic) bond motifs is 4. The van der Waals surface area contributed by atoms with Crippen molar-refractivity contribution < 1.29 is 120 Å². The Balaban J connectivity index is 0.000000155. The second kappa shape index (κ2) is 49.9. The Morgan fingerprint density at radius 1 is 0.355 bits per heavy atom. The van der Waals surface area contributed by atoms with Crippen LogP contribution in [0.25, 0.3) is 135 Å². The summed E-state index contributed by atoms with van der Waals surface area (Å²) in [7, 11) is 1.68. The number of methoxy groups -OCH3 is 1. The van der Waals surface area contributed by atoms with Gasteiger partial charge in [-0.25, -0.2) is 9.78 Å². The van der Waals surface area contributed by atoms with Crippen LogP contribution in [0.3, 0.4) is 0 Å². The number of hydrogen-bond acceptors (Lipinski definition) is 11. The van der Waals surface area contributed by atoms with Gasteiger partial charge in [-0.3, -0.25) is 24.9 Å². The molecular weight excluding hydrogens is 2640 g/mol. The van der Waals surface area contributed by atoms with Gasteiger partial charge in [-0.05, 0) is 232 Å². The van der Waals surface area contributed by atoms with Gasteiger partial charge in [0.05, 0.1) is 36.0 Å². The molecule has 0 unspecified atom stereocenters. The number of rotatable bonds is 17. The van der Waals surface area contributed by atoms with Gasteiger partial charge in [0.25, 0.3) is 0 Å². The van der Waals surface area contributed by atoms with Crippen molar-refractivity contribution >= 4 is 61.8 Å². The first-order valence-corrected chi connectivity index (χ1v) is 44.5. The number of benzene rings is 14. The van der Waals surface area contributed by atoms with E-state index < -0.39 is 5.97 Å². The number of pyridine rings is 2. The normalized spacial score (nSPS) is 10.4. The van der Waals surface area contributed by atoms with Gasteiger partial charge in [-0.1, -0.05) is 157 Å². The topological polar surface area (TPSA) is 178 Å². The van der Waals surface area contributed by atoms with Crippen LogP contribution >= 0.6 is 0 Å². The molecule has 1 N–H and O–H groups in total. The average Bonchev–Trinajstić information content (AvgIpc) is 1.67. The maximum absolute atomic E-state index is 10.1. The van der Waals surface area contributed by atoms with E-state index in [-0.39, 0.29) is 106 Å². The summed E-state index contributed by atoms with van der Waals surface area (Å²) in [6, 6.07) is 123.